The maximum atomic E-state index is 12.6. The Morgan fingerprint density at radius 1 is 1.13 bits per heavy atom. The second-order valence-corrected chi connectivity index (χ2v) is 9.57. The van der Waals surface area contributed by atoms with Crippen LogP contribution in [0.3, 0.4) is 0 Å². The molecule has 2 aliphatic rings. The third kappa shape index (κ3) is 5.09. The molecule has 0 unspecified atom stereocenters. The molecule has 2 amide bonds. The quantitative estimate of drug-likeness (QED) is 0.803. The average Bonchev–Trinajstić information content (AvgIpc) is 2.83. The molecule has 1 aliphatic carbocycles. The van der Waals surface area contributed by atoms with Gasteiger partial charge in [-0.15, -0.1) is 0 Å². The van der Waals surface area contributed by atoms with E-state index < -0.39 is 21.5 Å². The van der Waals surface area contributed by atoms with Crippen molar-refractivity contribution in [2.45, 2.75) is 51.7 Å². The van der Waals surface area contributed by atoms with Crippen LogP contribution in [0.5, 0.6) is 0 Å². The molecule has 0 spiro atoms. The summed E-state index contributed by atoms with van der Waals surface area (Å²) in [7, 11) is -3.01. The monoisotopic (exact) mass is 346 g/mol. The van der Waals surface area contributed by atoms with E-state index in [4.69, 9.17) is 4.74 Å². The fourth-order valence-electron chi connectivity index (χ4n) is 3.05. The van der Waals surface area contributed by atoms with Gasteiger partial charge in [0, 0.05) is 19.1 Å². The van der Waals surface area contributed by atoms with Gasteiger partial charge in [-0.05, 0) is 33.6 Å². The van der Waals surface area contributed by atoms with Crippen LogP contribution >= 0.6 is 0 Å². The van der Waals surface area contributed by atoms with Crippen LogP contribution in [0, 0.1) is 5.92 Å². The van der Waals surface area contributed by atoms with Crippen molar-refractivity contribution in [2.24, 2.45) is 5.92 Å². The molecule has 0 aromatic heterocycles. The Morgan fingerprint density at radius 3 is 2.30 bits per heavy atom. The van der Waals surface area contributed by atoms with Crippen LogP contribution in [-0.4, -0.2) is 61.6 Å². The molecular weight excluding hydrogens is 320 g/mol. The summed E-state index contributed by atoms with van der Waals surface area (Å²) in [5.74, 6) is -0.299. The van der Waals surface area contributed by atoms with E-state index in [1.165, 1.54) is 0 Å². The van der Waals surface area contributed by atoms with Crippen molar-refractivity contribution < 1.29 is 22.7 Å². The number of amides is 2. The highest BCUT2D eigenvalue weighted by Crippen LogP contribution is 2.28. The number of nitrogens with one attached hydrogen (secondary N) is 1. The predicted octanol–water partition coefficient (Wildman–Crippen LogP) is 0.937. The highest BCUT2D eigenvalue weighted by atomic mass is 32.2. The van der Waals surface area contributed by atoms with Gasteiger partial charge in [0.1, 0.15) is 5.60 Å². The Labute approximate surface area is 137 Å². The lowest BCUT2D eigenvalue weighted by Gasteiger charge is -2.31. The summed E-state index contributed by atoms with van der Waals surface area (Å²) in [4.78, 5) is 26.1. The number of alkyl carbamates (subject to hydrolysis) is 1. The molecule has 7 nitrogen and oxygen atoms in total. The van der Waals surface area contributed by atoms with Crippen LogP contribution in [0.1, 0.15) is 40.0 Å². The molecule has 0 bridgehead atoms. The number of nitrogens with zero attached hydrogens (tertiary/aromatic N) is 1. The van der Waals surface area contributed by atoms with E-state index in [9.17, 15) is 18.0 Å². The van der Waals surface area contributed by atoms with Crippen LogP contribution < -0.4 is 5.32 Å². The standard InChI is InChI=1S/C15H26N2O5S/c1-15(2,3)22-14(19)16-12-6-4-5-11(12)13(18)17-7-9-23(20,21)10-8-17/h11-12H,4-10H2,1-3H3,(H,16,19)/t11-,12-/m1/s1. The first-order valence-corrected chi connectivity index (χ1v) is 9.88. The smallest absolute Gasteiger partial charge is 0.407 e. The number of hydrogen-bond donors (Lipinski definition) is 1. The first kappa shape index (κ1) is 18.0. The third-order valence-electron chi connectivity index (χ3n) is 4.19. The van der Waals surface area contributed by atoms with Crippen molar-refractivity contribution in [3.8, 4) is 0 Å². The lowest BCUT2D eigenvalue weighted by molar-refractivity contribution is -0.135. The zero-order valence-electron chi connectivity index (χ0n) is 14.0. The summed E-state index contributed by atoms with van der Waals surface area (Å²) in [6.07, 6.45) is 1.80. The Hall–Kier alpha value is -1.31. The van der Waals surface area contributed by atoms with Gasteiger partial charge in [0.05, 0.1) is 17.4 Å². The third-order valence-corrected chi connectivity index (χ3v) is 5.80. The Morgan fingerprint density at radius 2 is 1.74 bits per heavy atom. The van der Waals surface area contributed by atoms with E-state index in [2.05, 4.69) is 5.32 Å². The summed E-state index contributed by atoms with van der Waals surface area (Å²) in [6, 6.07) is -0.240. The zero-order valence-corrected chi connectivity index (χ0v) is 14.8. The van der Waals surface area contributed by atoms with E-state index in [0.29, 0.717) is 6.42 Å². The molecule has 1 N–H and O–H groups in total. The molecule has 0 aromatic rings. The largest absolute Gasteiger partial charge is 0.444 e. The van der Waals surface area contributed by atoms with Gasteiger partial charge in [0.15, 0.2) is 9.84 Å². The minimum Gasteiger partial charge on any atom is -0.444 e. The van der Waals surface area contributed by atoms with Crippen LogP contribution in [-0.2, 0) is 19.4 Å². The molecule has 1 heterocycles. The zero-order chi connectivity index (χ0) is 17.3. The van der Waals surface area contributed by atoms with E-state index in [-0.39, 0.29) is 42.5 Å². The molecule has 132 valence electrons. The molecule has 1 saturated heterocycles. The van der Waals surface area contributed by atoms with Crippen LogP contribution in [0.2, 0.25) is 0 Å². The van der Waals surface area contributed by atoms with E-state index >= 15 is 0 Å². The Bertz CT molecular complexity index is 553. The van der Waals surface area contributed by atoms with Gasteiger partial charge in [-0.3, -0.25) is 4.79 Å². The second-order valence-electron chi connectivity index (χ2n) is 7.27. The van der Waals surface area contributed by atoms with Crippen molar-refractivity contribution in [3.05, 3.63) is 0 Å². The minimum absolute atomic E-state index is 0.0234. The SMILES string of the molecule is CC(C)(C)OC(=O)N[C@@H]1CCC[C@H]1C(=O)N1CCS(=O)(=O)CC1. The highest BCUT2D eigenvalue weighted by Gasteiger charge is 2.38. The first-order valence-electron chi connectivity index (χ1n) is 8.06. The molecule has 2 fully saturated rings. The highest BCUT2D eigenvalue weighted by molar-refractivity contribution is 7.91. The molecule has 2 atom stereocenters. The van der Waals surface area contributed by atoms with Gasteiger partial charge < -0.3 is 15.0 Å². The summed E-state index contributed by atoms with van der Waals surface area (Å²) >= 11 is 0. The van der Waals surface area contributed by atoms with Crippen molar-refractivity contribution in [3.63, 3.8) is 0 Å². The topological polar surface area (TPSA) is 92.8 Å². The fraction of sp³-hybridized carbons (Fsp3) is 0.867. The van der Waals surface area contributed by atoms with Gasteiger partial charge >= 0.3 is 6.09 Å². The van der Waals surface area contributed by atoms with Crippen molar-refractivity contribution in [2.75, 3.05) is 24.6 Å². The van der Waals surface area contributed by atoms with Crippen molar-refractivity contribution in [1.29, 1.82) is 0 Å². The van der Waals surface area contributed by atoms with Crippen LogP contribution in [0.15, 0.2) is 0 Å². The van der Waals surface area contributed by atoms with E-state index in [1.54, 1.807) is 25.7 Å². The summed E-state index contributed by atoms with van der Waals surface area (Å²) < 4.78 is 28.2. The molecule has 1 aliphatic heterocycles. The Balaban J connectivity index is 1.93. The molecule has 23 heavy (non-hydrogen) atoms. The predicted molar refractivity (Wildman–Crippen MR) is 85.7 cm³/mol. The maximum Gasteiger partial charge on any atom is 0.407 e. The summed E-state index contributed by atoms with van der Waals surface area (Å²) in [6.45, 7) is 5.86. The van der Waals surface area contributed by atoms with Gasteiger partial charge in [0.25, 0.3) is 0 Å². The van der Waals surface area contributed by atoms with Gasteiger partial charge in [-0.1, -0.05) is 6.42 Å². The molecule has 8 heteroatoms. The van der Waals surface area contributed by atoms with Gasteiger partial charge in [-0.2, -0.15) is 0 Å². The normalized spacial score (nSPS) is 27.5. The summed E-state index contributed by atoms with van der Waals surface area (Å²) in [5.41, 5.74) is -0.580. The number of sulfone groups is 1. The number of ether oxygens (including phenoxy) is 1. The number of carbonyl (C=O) groups is 2. The number of carbonyl (C=O) groups excluding carboxylic acids is 2. The lowest BCUT2D eigenvalue weighted by Crippen LogP contribution is -2.50. The van der Waals surface area contributed by atoms with Crippen molar-refractivity contribution in [1.82, 2.24) is 10.2 Å². The summed E-state index contributed by atoms with van der Waals surface area (Å²) in [5, 5.41) is 2.79. The molecule has 0 aromatic carbocycles. The minimum atomic E-state index is -3.01. The van der Waals surface area contributed by atoms with Gasteiger partial charge in [0.2, 0.25) is 5.91 Å². The maximum absolute atomic E-state index is 12.6. The number of hydrogen-bond acceptors (Lipinski definition) is 5. The van der Waals surface area contributed by atoms with Gasteiger partial charge in [-0.25, -0.2) is 13.2 Å². The van der Waals surface area contributed by atoms with Crippen molar-refractivity contribution >= 4 is 21.8 Å². The Kier molecular flexibility index (Phi) is 5.23. The van der Waals surface area contributed by atoms with Crippen LogP contribution in [0.25, 0.3) is 0 Å². The molecule has 1 saturated carbocycles. The molecule has 0 radical (unpaired) electrons. The average molecular weight is 346 g/mol. The van der Waals surface area contributed by atoms with Crippen LogP contribution in [0.4, 0.5) is 4.79 Å². The van der Waals surface area contributed by atoms with E-state index in [1.807, 2.05) is 0 Å². The number of rotatable bonds is 2. The van der Waals surface area contributed by atoms with E-state index in [0.717, 1.165) is 12.8 Å². The second kappa shape index (κ2) is 6.67. The lowest BCUT2D eigenvalue weighted by atomic mass is 10.0. The molecular formula is C15H26N2O5S. The molecule has 2 rings (SSSR count). The first-order chi connectivity index (χ1) is 10.6. The fourth-order valence-corrected chi connectivity index (χ4v) is 4.26.